The van der Waals surface area contributed by atoms with Gasteiger partial charge in [-0.15, -0.1) is 11.3 Å². The lowest BCUT2D eigenvalue weighted by molar-refractivity contribution is 0.501. The van der Waals surface area contributed by atoms with Gasteiger partial charge in [0, 0.05) is 17.0 Å². The second kappa shape index (κ2) is 6.00. The Morgan fingerprint density at radius 3 is 2.65 bits per heavy atom. The molecule has 1 heterocycles. The number of rotatable bonds is 3. The van der Waals surface area contributed by atoms with E-state index < -0.39 is 0 Å². The monoisotopic (exact) mass is 254 g/mol. The second-order valence-corrected chi connectivity index (χ2v) is 5.87. The molecule has 5 heteroatoms. The van der Waals surface area contributed by atoms with Crippen LogP contribution in [0.15, 0.2) is 10.5 Å². The molecular formula is C12H22N4S. The maximum Gasteiger partial charge on any atom is 0.192 e. The highest BCUT2D eigenvalue weighted by Gasteiger charge is 2.11. The molecule has 0 aromatic carbocycles. The van der Waals surface area contributed by atoms with Gasteiger partial charge in [0.1, 0.15) is 0 Å². The average Bonchev–Trinajstić information content (AvgIpc) is 2.59. The maximum atomic E-state index is 4.57. The molecule has 0 bridgehead atoms. The molecule has 1 aromatic heterocycles. The topological polar surface area (TPSA) is 49.3 Å². The predicted molar refractivity (Wildman–Crippen MR) is 74.6 cm³/mol. The van der Waals surface area contributed by atoms with Crippen molar-refractivity contribution in [2.24, 2.45) is 4.99 Å². The third-order valence-corrected chi connectivity index (χ3v) is 2.98. The first-order valence-corrected chi connectivity index (χ1v) is 6.76. The van der Waals surface area contributed by atoms with E-state index in [1.165, 1.54) is 4.88 Å². The zero-order chi connectivity index (χ0) is 12.9. The Morgan fingerprint density at radius 1 is 1.47 bits per heavy atom. The fraction of sp³-hybridized carbons (Fsp3) is 0.667. The van der Waals surface area contributed by atoms with E-state index in [2.05, 4.69) is 48.3 Å². The molecule has 4 nitrogen and oxygen atoms in total. The van der Waals surface area contributed by atoms with E-state index in [4.69, 9.17) is 0 Å². The van der Waals surface area contributed by atoms with E-state index in [0.29, 0.717) is 6.54 Å². The minimum absolute atomic E-state index is 0.0176. The van der Waals surface area contributed by atoms with Gasteiger partial charge in [0.2, 0.25) is 0 Å². The highest BCUT2D eigenvalue weighted by Crippen LogP contribution is 2.13. The number of thiazole rings is 1. The molecule has 0 fully saturated rings. The predicted octanol–water partition coefficient (Wildman–Crippen LogP) is 2.31. The Hall–Kier alpha value is -1.10. The average molecular weight is 254 g/mol. The van der Waals surface area contributed by atoms with Gasteiger partial charge < -0.3 is 10.6 Å². The van der Waals surface area contributed by atoms with E-state index in [1.54, 1.807) is 11.3 Å². The first-order valence-electron chi connectivity index (χ1n) is 5.88. The molecule has 0 aliphatic carbocycles. The normalized spacial score (nSPS) is 12.6. The van der Waals surface area contributed by atoms with Gasteiger partial charge >= 0.3 is 0 Å². The molecule has 0 atom stereocenters. The summed E-state index contributed by atoms with van der Waals surface area (Å²) < 4.78 is 0. The minimum Gasteiger partial charge on any atom is -0.357 e. The standard InChI is InChI=1S/C12H22N4S/c1-6-13-11(16-12(3,4)5)14-7-10-9(2)15-8-17-10/h8H,6-7H2,1-5H3,(H2,13,14,16). The highest BCUT2D eigenvalue weighted by molar-refractivity contribution is 7.09. The second-order valence-electron chi connectivity index (χ2n) is 4.93. The SMILES string of the molecule is CCNC(=NCc1scnc1C)NC(C)(C)C. The third kappa shape index (κ3) is 5.17. The van der Waals surface area contributed by atoms with Crippen molar-refractivity contribution >= 4 is 17.3 Å². The Kier molecular flexibility index (Phi) is 4.93. The summed E-state index contributed by atoms with van der Waals surface area (Å²) in [5.41, 5.74) is 2.96. The van der Waals surface area contributed by atoms with Crippen LogP contribution in [-0.2, 0) is 6.54 Å². The molecule has 0 saturated heterocycles. The van der Waals surface area contributed by atoms with E-state index in [9.17, 15) is 0 Å². The summed E-state index contributed by atoms with van der Waals surface area (Å²) in [6.07, 6.45) is 0. The molecule has 0 radical (unpaired) electrons. The summed E-state index contributed by atoms with van der Waals surface area (Å²) in [6.45, 7) is 12.0. The van der Waals surface area contributed by atoms with Crippen LogP contribution in [-0.4, -0.2) is 23.0 Å². The molecule has 0 saturated carbocycles. The van der Waals surface area contributed by atoms with Crippen LogP contribution >= 0.6 is 11.3 Å². The molecule has 0 unspecified atom stereocenters. The molecule has 0 aliphatic heterocycles. The van der Waals surface area contributed by atoms with Crippen molar-refractivity contribution in [3.63, 3.8) is 0 Å². The van der Waals surface area contributed by atoms with E-state index >= 15 is 0 Å². The summed E-state index contributed by atoms with van der Waals surface area (Å²) >= 11 is 1.65. The van der Waals surface area contributed by atoms with Gasteiger partial charge in [0.15, 0.2) is 5.96 Å². The van der Waals surface area contributed by atoms with Gasteiger partial charge in [-0.1, -0.05) is 0 Å². The quantitative estimate of drug-likeness (QED) is 0.643. The molecule has 1 aromatic rings. The van der Waals surface area contributed by atoms with E-state index in [-0.39, 0.29) is 5.54 Å². The van der Waals surface area contributed by atoms with Crippen molar-refractivity contribution in [1.29, 1.82) is 0 Å². The minimum atomic E-state index is 0.0176. The van der Waals surface area contributed by atoms with E-state index in [0.717, 1.165) is 18.2 Å². The number of aryl methyl sites for hydroxylation is 1. The number of nitrogens with one attached hydrogen (secondary N) is 2. The van der Waals surface area contributed by atoms with Gasteiger partial charge in [-0.3, -0.25) is 0 Å². The Morgan fingerprint density at radius 2 is 2.18 bits per heavy atom. The summed E-state index contributed by atoms with van der Waals surface area (Å²) in [7, 11) is 0. The van der Waals surface area contributed by atoms with Crippen molar-refractivity contribution in [1.82, 2.24) is 15.6 Å². The number of guanidine groups is 1. The smallest absolute Gasteiger partial charge is 0.192 e. The lowest BCUT2D eigenvalue weighted by Gasteiger charge is -2.23. The lowest BCUT2D eigenvalue weighted by Crippen LogP contribution is -2.47. The van der Waals surface area contributed by atoms with Crippen molar-refractivity contribution in [2.45, 2.75) is 46.7 Å². The first kappa shape index (κ1) is 14.0. The fourth-order valence-corrected chi connectivity index (χ4v) is 1.99. The van der Waals surface area contributed by atoms with Crippen molar-refractivity contribution in [3.8, 4) is 0 Å². The molecular weight excluding hydrogens is 232 g/mol. The number of nitrogens with zero attached hydrogens (tertiary/aromatic N) is 2. The molecule has 0 spiro atoms. The van der Waals surface area contributed by atoms with Crippen LogP contribution in [0.4, 0.5) is 0 Å². The summed E-state index contributed by atoms with van der Waals surface area (Å²) in [5.74, 6) is 0.854. The van der Waals surface area contributed by atoms with Crippen LogP contribution in [0.5, 0.6) is 0 Å². The summed E-state index contributed by atoms with van der Waals surface area (Å²) in [6, 6.07) is 0. The van der Waals surface area contributed by atoms with Crippen LogP contribution in [0.2, 0.25) is 0 Å². The van der Waals surface area contributed by atoms with Crippen LogP contribution in [0, 0.1) is 6.92 Å². The number of hydrogen-bond donors (Lipinski definition) is 2. The van der Waals surface area contributed by atoms with Crippen LogP contribution in [0.25, 0.3) is 0 Å². The van der Waals surface area contributed by atoms with Crippen LogP contribution in [0.3, 0.4) is 0 Å². The number of hydrogen-bond acceptors (Lipinski definition) is 3. The highest BCUT2D eigenvalue weighted by atomic mass is 32.1. The molecule has 96 valence electrons. The van der Waals surface area contributed by atoms with Crippen molar-refractivity contribution in [2.75, 3.05) is 6.54 Å². The summed E-state index contributed by atoms with van der Waals surface area (Å²) in [5, 5.41) is 6.61. The van der Waals surface area contributed by atoms with Gasteiger partial charge in [-0.05, 0) is 34.6 Å². The van der Waals surface area contributed by atoms with E-state index in [1.807, 2.05) is 12.4 Å². The number of aliphatic imine (C=N–C) groups is 1. The van der Waals surface area contributed by atoms with Gasteiger partial charge in [0.05, 0.1) is 17.7 Å². The largest absolute Gasteiger partial charge is 0.357 e. The number of aromatic nitrogens is 1. The molecule has 0 aliphatic rings. The fourth-order valence-electron chi connectivity index (χ4n) is 1.29. The van der Waals surface area contributed by atoms with Crippen molar-refractivity contribution in [3.05, 3.63) is 16.1 Å². The van der Waals surface area contributed by atoms with Gasteiger partial charge in [-0.25, -0.2) is 9.98 Å². The summed E-state index contributed by atoms with van der Waals surface area (Å²) in [4.78, 5) is 10.0. The van der Waals surface area contributed by atoms with Crippen LogP contribution < -0.4 is 10.6 Å². The molecule has 1 rings (SSSR count). The maximum absolute atomic E-state index is 4.57. The third-order valence-electron chi connectivity index (χ3n) is 2.06. The molecule has 17 heavy (non-hydrogen) atoms. The Labute approximate surface area is 108 Å². The Bertz CT molecular complexity index is 376. The molecule has 0 amide bonds. The Balaban J connectivity index is 2.67. The van der Waals surface area contributed by atoms with Gasteiger partial charge in [0.25, 0.3) is 0 Å². The lowest BCUT2D eigenvalue weighted by atomic mass is 10.1. The van der Waals surface area contributed by atoms with Gasteiger partial charge in [-0.2, -0.15) is 0 Å². The van der Waals surface area contributed by atoms with Crippen LogP contribution in [0.1, 0.15) is 38.3 Å². The molecule has 2 N–H and O–H groups in total. The van der Waals surface area contributed by atoms with Crippen molar-refractivity contribution < 1.29 is 0 Å². The first-order chi connectivity index (χ1) is 7.92. The zero-order valence-corrected chi connectivity index (χ0v) is 12.1. The zero-order valence-electron chi connectivity index (χ0n) is 11.3.